The summed E-state index contributed by atoms with van der Waals surface area (Å²) in [5.74, 6) is -3.89. The lowest BCUT2D eigenvalue weighted by Gasteiger charge is -2.62. The highest BCUT2D eigenvalue weighted by molar-refractivity contribution is 5.92. The van der Waals surface area contributed by atoms with E-state index >= 15 is 0 Å². The lowest BCUT2D eigenvalue weighted by molar-refractivity contribution is -0.194. The molecule has 2 unspecified atom stereocenters. The number of ketones is 2. The molecule has 0 aromatic carbocycles. The van der Waals surface area contributed by atoms with E-state index in [0.29, 0.717) is 25.7 Å². The molecule has 4 rings (SSSR count). The minimum absolute atomic E-state index is 0.0165. The van der Waals surface area contributed by atoms with Crippen LogP contribution in [-0.4, -0.2) is 66.8 Å². The second-order valence-corrected chi connectivity index (χ2v) is 12.1. The van der Waals surface area contributed by atoms with Gasteiger partial charge in [0.05, 0.1) is 6.10 Å². The monoisotopic (exact) mass is 506 g/mol. The van der Waals surface area contributed by atoms with Crippen LogP contribution in [0.25, 0.3) is 0 Å². The van der Waals surface area contributed by atoms with Crippen LogP contribution in [0, 0.1) is 34.5 Å². The van der Waals surface area contributed by atoms with E-state index in [1.54, 1.807) is 13.0 Å². The van der Waals surface area contributed by atoms with Crippen molar-refractivity contribution in [2.24, 2.45) is 34.5 Å². The van der Waals surface area contributed by atoms with Crippen molar-refractivity contribution in [2.45, 2.75) is 95.9 Å². The maximum absolute atomic E-state index is 13.4. The molecule has 0 spiro atoms. The first-order valence-corrected chi connectivity index (χ1v) is 13.0. The van der Waals surface area contributed by atoms with Crippen molar-refractivity contribution in [3.63, 3.8) is 0 Å². The minimum Gasteiger partial charge on any atom is -0.481 e. The second kappa shape index (κ2) is 9.33. The molecule has 0 amide bonds. The second-order valence-electron chi connectivity index (χ2n) is 12.1. The molecule has 0 aliphatic heterocycles. The minimum atomic E-state index is -1.90. The topological polar surface area (TPSA) is 169 Å². The van der Waals surface area contributed by atoms with E-state index < -0.39 is 46.4 Å². The fourth-order valence-corrected chi connectivity index (χ4v) is 8.51. The molecule has 5 N–H and O–H groups in total. The van der Waals surface area contributed by atoms with Gasteiger partial charge < -0.3 is 25.5 Å². The maximum Gasteiger partial charge on any atom is 0.303 e. The molecular weight excluding hydrogens is 468 g/mol. The summed E-state index contributed by atoms with van der Waals surface area (Å²) in [6, 6.07) is 0. The zero-order chi connectivity index (χ0) is 26.6. The SMILES string of the molecule is C[C@]12CCC(=O)C=C1CC(CC(=O)O)[C@@H]1[C@@H]2[C@H](O)C[C@@]2(C)[C@H]1CC[C@]2(O)C(=O)C(O)CCCC(=O)O. The first-order valence-electron chi connectivity index (χ1n) is 13.0. The van der Waals surface area contributed by atoms with Crippen molar-refractivity contribution in [1.29, 1.82) is 0 Å². The van der Waals surface area contributed by atoms with Gasteiger partial charge in [0.25, 0.3) is 0 Å². The van der Waals surface area contributed by atoms with Crippen LogP contribution < -0.4 is 0 Å². The fourth-order valence-electron chi connectivity index (χ4n) is 8.51. The number of hydrogen-bond acceptors (Lipinski definition) is 7. The van der Waals surface area contributed by atoms with Crippen LogP contribution >= 0.6 is 0 Å². The van der Waals surface area contributed by atoms with Gasteiger partial charge in [0.1, 0.15) is 11.7 Å². The highest BCUT2D eigenvalue weighted by Gasteiger charge is 2.70. The number of fused-ring (bicyclic) bond motifs is 5. The van der Waals surface area contributed by atoms with Crippen molar-refractivity contribution >= 4 is 23.5 Å². The Bertz CT molecular complexity index is 988. The predicted octanol–water partition coefficient (Wildman–Crippen LogP) is 2.11. The van der Waals surface area contributed by atoms with E-state index in [-0.39, 0.29) is 68.0 Å². The van der Waals surface area contributed by atoms with Crippen LogP contribution in [0.4, 0.5) is 0 Å². The zero-order valence-electron chi connectivity index (χ0n) is 21.0. The molecule has 3 fully saturated rings. The van der Waals surface area contributed by atoms with Crippen LogP contribution in [0.1, 0.15) is 78.1 Å². The zero-order valence-corrected chi connectivity index (χ0v) is 21.0. The summed E-state index contributed by atoms with van der Waals surface area (Å²) in [4.78, 5) is 48.3. The lowest BCUT2D eigenvalue weighted by Crippen LogP contribution is -2.64. The maximum atomic E-state index is 13.4. The Kier molecular flexibility index (Phi) is 6.98. The Morgan fingerprint density at radius 2 is 1.83 bits per heavy atom. The molecule has 3 saturated carbocycles. The molecule has 4 aliphatic rings. The highest BCUT2D eigenvalue weighted by atomic mass is 16.4. The van der Waals surface area contributed by atoms with E-state index in [1.165, 1.54) is 0 Å². The summed E-state index contributed by atoms with van der Waals surface area (Å²) < 4.78 is 0. The molecular formula is C27H38O9. The van der Waals surface area contributed by atoms with Gasteiger partial charge in [-0.3, -0.25) is 19.2 Å². The van der Waals surface area contributed by atoms with Crippen molar-refractivity contribution in [2.75, 3.05) is 0 Å². The van der Waals surface area contributed by atoms with Crippen LogP contribution in [-0.2, 0) is 19.2 Å². The quantitative estimate of drug-likeness (QED) is 0.331. The Balaban J connectivity index is 1.69. The number of carboxylic acids is 2. The molecule has 9 heteroatoms. The molecule has 0 saturated heterocycles. The van der Waals surface area contributed by atoms with Gasteiger partial charge in [-0.05, 0) is 80.1 Å². The number of carbonyl (C=O) groups excluding carboxylic acids is 2. The van der Waals surface area contributed by atoms with Gasteiger partial charge in [-0.15, -0.1) is 0 Å². The summed E-state index contributed by atoms with van der Waals surface area (Å²) >= 11 is 0. The number of allylic oxidation sites excluding steroid dienone is 1. The van der Waals surface area contributed by atoms with E-state index in [4.69, 9.17) is 5.11 Å². The molecule has 9 atom stereocenters. The van der Waals surface area contributed by atoms with Crippen LogP contribution in [0.15, 0.2) is 11.6 Å². The van der Waals surface area contributed by atoms with E-state index in [1.807, 2.05) is 6.92 Å². The summed E-state index contributed by atoms with van der Waals surface area (Å²) in [6.45, 7) is 3.81. The highest BCUT2D eigenvalue weighted by Crippen LogP contribution is 2.69. The molecule has 9 nitrogen and oxygen atoms in total. The third kappa shape index (κ3) is 4.13. The first kappa shape index (κ1) is 26.9. The number of carbonyl (C=O) groups is 4. The molecule has 0 aromatic rings. The van der Waals surface area contributed by atoms with Gasteiger partial charge in [-0.25, -0.2) is 0 Å². The third-order valence-electron chi connectivity index (χ3n) is 10.2. The molecule has 0 heterocycles. The van der Waals surface area contributed by atoms with Gasteiger partial charge >= 0.3 is 11.9 Å². The summed E-state index contributed by atoms with van der Waals surface area (Å²) in [7, 11) is 0. The van der Waals surface area contributed by atoms with E-state index in [0.717, 1.165) is 5.57 Å². The molecule has 0 aromatic heterocycles. The normalized spacial score (nSPS) is 42.5. The van der Waals surface area contributed by atoms with Gasteiger partial charge in [-0.1, -0.05) is 19.4 Å². The molecule has 0 radical (unpaired) electrons. The Morgan fingerprint density at radius 1 is 1.14 bits per heavy atom. The molecule has 4 aliphatic carbocycles. The van der Waals surface area contributed by atoms with Crippen molar-refractivity contribution in [1.82, 2.24) is 0 Å². The van der Waals surface area contributed by atoms with Crippen LogP contribution in [0.5, 0.6) is 0 Å². The number of aliphatic hydroxyl groups is 3. The van der Waals surface area contributed by atoms with Gasteiger partial charge in [0.15, 0.2) is 11.6 Å². The summed E-state index contributed by atoms with van der Waals surface area (Å²) in [6.07, 6.45) is 0.935. The molecule has 36 heavy (non-hydrogen) atoms. The van der Waals surface area contributed by atoms with Crippen LogP contribution in [0.2, 0.25) is 0 Å². The third-order valence-corrected chi connectivity index (χ3v) is 10.2. The predicted molar refractivity (Wildman–Crippen MR) is 127 cm³/mol. The molecule has 200 valence electrons. The summed E-state index contributed by atoms with van der Waals surface area (Å²) in [5.41, 5.74) is -2.54. The van der Waals surface area contributed by atoms with Crippen LogP contribution in [0.3, 0.4) is 0 Å². The van der Waals surface area contributed by atoms with Gasteiger partial charge in [-0.2, -0.15) is 0 Å². The smallest absolute Gasteiger partial charge is 0.303 e. The summed E-state index contributed by atoms with van der Waals surface area (Å²) in [5, 5.41) is 52.5. The average molecular weight is 507 g/mol. The number of rotatable bonds is 8. The van der Waals surface area contributed by atoms with Crippen molar-refractivity contribution < 1.29 is 44.7 Å². The number of aliphatic carboxylic acids is 2. The number of carboxylic acid groups (broad SMARTS) is 2. The van der Waals surface area contributed by atoms with E-state index in [9.17, 15) is 39.6 Å². The average Bonchev–Trinajstić information content (AvgIpc) is 3.04. The Hall–Kier alpha value is -2.10. The van der Waals surface area contributed by atoms with Crippen molar-refractivity contribution in [3.8, 4) is 0 Å². The fraction of sp³-hybridized carbons (Fsp3) is 0.778. The van der Waals surface area contributed by atoms with E-state index in [2.05, 4.69) is 0 Å². The largest absolute Gasteiger partial charge is 0.481 e. The first-order chi connectivity index (χ1) is 16.7. The lowest BCUT2D eigenvalue weighted by atomic mass is 9.43. The van der Waals surface area contributed by atoms with Crippen molar-refractivity contribution in [3.05, 3.63) is 11.6 Å². The Labute approximate surface area is 210 Å². The van der Waals surface area contributed by atoms with Gasteiger partial charge in [0, 0.05) is 24.7 Å². The Morgan fingerprint density at radius 3 is 2.47 bits per heavy atom. The standard InChI is InChI=1S/C27H38O9/c1-25-8-6-16(28)12-15(25)10-14(11-21(33)34)22-17-7-9-27(36,26(17,2)13-19(30)23(22)25)24(35)18(29)4-3-5-20(31)32/h12,14,17-19,22-23,29-30,36H,3-11,13H2,1-2H3,(H,31,32)(H,33,34)/t14?,17-,18?,19+,22-,23-,25-,26-,27-/m0/s1. The van der Waals surface area contributed by atoms with Gasteiger partial charge in [0.2, 0.25) is 0 Å². The number of aliphatic hydroxyl groups excluding tert-OH is 2. The molecule has 0 bridgehead atoms. The number of Topliss-reactive ketones (excluding diaryl/α,β-unsaturated/α-hetero) is 1. The number of hydrogen-bond donors (Lipinski definition) is 5.